The van der Waals surface area contributed by atoms with Gasteiger partial charge in [0.05, 0.1) is 0 Å². The van der Waals surface area contributed by atoms with Gasteiger partial charge < -0.3 is 16.4 Å². The number of hydrogen-bond donors (Lipinski definition) is 3. The Morgan fingerprint density at radius 1 is 1.44 bits per heavy atom. The fourth-order valence-electron chi connectivity index (χ4n) is 1.29. The lowest BCUT2D eigenvalue weighted by atomic mass is 10.1. The lowest BCUT2D eigenvalue weighted by Gasteiger charge is -2.07. The fraction of sp³-hybridized carbons (Fsp3) is 0.364. The molecule has 1 rings (SSSR count). The Bertz CT molecular complexity index is 368. The van der Waals surface area contributed by atoms with Crippen LogP contribution in [-0.4, -0.2) is 19.1 Å². The molecule has 0 fully saturated rings. The smallest absolute Gasteiger partial charge is 0.312 e. The van der Waals surface area contributed by atoms with Crippen LogP contribution < -0.4 is 16.4 Å². The van der Waals surface area contributed by atoms with E-state index in [1.165, 1.54) is 11.1 Å². The topological polar surface area (TPSA) is 67.2 Å². The van der Waals surface area contributed by atoms with Gasteiger partial charge in [0.2, 0.25) is 0 Å². The van der Waals surface area contributed by atoms with Crippen LogP contribution in [0, 0.1) is 6.92 Å². The van der Waals surface area contributed by atoms with Crippen LogP contribution in [0.25, 0.3) is 0 Å². The SMILES string of the molecule is Cc1ccc(CNCCNC(N)=O)c(Br)c1. The fourth-order valence-corrected chi connectivity index (χ4v) is 1.93. The van der Waals surface area contributed by atoms with Gasteiger partial charge in [0.1, 0.15) is 0 Å². The van der Waals surface area contributed by atoms with Crippen molar-refractivity contribution in [2.75, 3.05) is 13.1 Å². The molecule has 0 spiro atoms. The van der Waals surface area contributed by atoms with E-state index in [0.29, 0.717) is 13.1 Å². The van der Waals surface area contributed by atoms with Crippen LogP contribution >= 0.6 is 15.9 Å². The minimum Gasteiger partial charge on any atom is -0.352 e. The van der Waals surface area contributed by atoms with Crippen molar-refractivity contribution in [3.63, 3.8) is 0 Å². The first-order valence-electron chi connectivity index (χ1n) is 5.08. The highest BCUT2D eigenvalue weighted by Gasteiger charge is 1.99. The molecule has 1 aromatic carbocycles. The average Bonchev–Trinajstić information content (AvgIpc) is 2.20. The van der Waals surface area contributed by atoms with E-state index >= 15 is 0 Å². The Hall–Kier alpha value is -1.07. The minimum absolute atomic E-state index is 0.488. The van der Waals surface area contributed by atoms with E-state index in [-0.39, 0.29) is 0 Å². The predicted octanol–water partition coefficient (Wildman–Crippen LogP) is 1.52. The van der Waals surface area contributed by atoms with Gasteiger partial charge in [0.25, 0.3) is 0 Å². The second kappa shape index (κ2) is 6.50. The van der Waals surface area contributed by atoms with Crippen LogP contribution in [0.2, 0.25) is 0 Å². The van der Waals surface area contributed by atoms with E-state index in [4.69, 9.17) is 5.73 Å². The summed E-state index contributed by atoms with van der Waals surface area (Å²) < 4.78 is 1.10. The second-order valence-electron chi connectivity index (χ2n) is 3.56. The quantitative estimate of drug-likeness (QED) is 0.718. The average molecular weight is 286 g/mol. The monoisotopic (exact) mass is 285 g/mol. The van der Waals surface area contributed by atoms with Crippen LogP contribution in [0.1, 0.15) is 11.1 Å². The van der Waals surface area contributed by atoms with E-state index in [1.54, 1.807) is 0 Å². The molecule has 0 aliphatic rings. The van der Waals surface area contributed by atoms with E-state index in [2.05, 4.69) is 51.7 Å². The lowest BCUT2D eigenvalue weighted by Crippen LogP contribution is -2.35. The molecule has 0 aliphatic heterocycles. The van der Waals surface area contributed by atoms with Crippen LogP contribution in [0.5, 0.6) is 0 Å². The Kier molecular flexibility index (Phi) is 5.28. The van der Waals surface area contributed by atoms with Gasteiger partial charge in [-0.05, 0) is 24.1 Å². The summed E-state index contributed by atoms with van der Waals surface area (Å²) in [7, 11) is 0. The number of carbonyl (C=O) groups is 1. The Labute approximate surface area is 104 Å². The maximum Gasteiger partial charge on any atom is 0.312 e. The van der Waals surface area contributed by atoms with Crippen molar-refractivity contribution < 1.29 is 4.79 Å². The summed E-state index contributed by atoms with van der Waals surface area (Å²) in [6, 6.07) is 5.74. The van der Waals surface area contributed by atoms with Crippen LogP contribution in [-0.2, 0) is 6.54 Å². The Morgan fingerprint density at radius 2 is 2.19 bits per heavy atom. The van der Waals surface area contributed by atoms with Crippen molar-refractivity contribution in [1.82, 2.24) is 10.6 Å². The molecule has 0 radical (unpaired) electrons. The zero-order valence-corrected chi connectivity index (χ0v) is 10.8. The summed E-state index contributed by atoms with van der Waals surface area (Å²) in [6.07, 6.45) is 0. The molecule has 0 aromatic heterocycles. The van der Waals surface area contributed by atoms with Gasteiger partial charge in [-0.3, -0.25) is 0 Å². The van der Waals surface area contributed by atoms with Gasteiger partial charge in [-0.1, -0.05) is 28.1 Å². The molecule has 0 atom stereocenters. The molecule has 4 N–H and O–H groups in total. The summed E-state index contributed by atoms with van der Waals surface area (Å²) >= 11 is 3.51. The van der Waals surface area contributed by atoms with Gasteiger partial charge in [-0.25, -0.2) is 4.79 Å². The van der Waals surface area contributed by atoms with Crippen LogP contribution in [0.15, 0.2) is 22.7 Å². The third-order valence-corrected chi connectivity index (χ3v) is 2.86. The molecule has 88 valence electrons. The van der Waals surface area contributed by atoms with E-state index in [1.807, 2.05) is 0 Å². The number of hydrogen-bond acceptors (Lipinski definition) is 2. The number of aryl methyl sites for hydroxylation is 1. The molecule has 0 saturated carbocycles. The highest BCUT2D eigenvalue weighted by Crippen LogP contribution is 2.17. The Morgan fingerprint density at radius 3 is 2.81 bits per heavy atom. The summed E-state index contributed by atoms with van der Waals surface area (Å²) in [6.45, 7) is 4.06. The highest BCUT2D eigenvalue weighted by molar-refractivity contribution is 9.10. The van der Waals surface area contributed by atoms with Crippen molar-refractivity contribution in [2.45, 2.75) is 13.5 Å². The zero-order chi connectivity index (χ0) is 12.0. The number of carbonyl (C=O) groups excluding carboxylic acids is 1. The maximum atomic E-state index is 10.4. The Balaban J connectivity index is 2.29. The molecule has 0 heterocycles. The number of nitrogens with one attached hydrogen (secondary N) is 2. The first-order valence-corrected chi connectivity index (χ1v) is 5.88. The first kappa shape index (κ1) is 13.0. The zero-order valence-electron chi connectivity index (χ0n) is 9.22. The molecule has 0 unspecified atom stereocenters. The number of amides is 2. The molecular weight excluding hydrogens is 270 g/mol. The molecule has 1 aromatic rings. The molecule has 4 nitrogen and oxygen atoms in total. The number of primary amides is 1. The number of halogens is 1. The van der Waals surface area contributed by atoms with Gasteiger partial charge in [-0.2, -0.15) is 0 Å². The van der Waals surface area contributed by atoms with Crippen molar-refractivity contribution >= 4 is 22.0 Å². The van der Waals surface area contributed by atoms with Gasteiger partial charge >= 0.3 is 6.03 Å². The molecule has 5 heteroatoms. The maximum absolute atomic E-state index is 10.4. The third-order valence-electron chi connectivity index (χ3n) is 2.13. The van der Waals surface area contributed by atoms with Crippen LogP contribution in [0.3, 0.4) is 0 Å². The number of urea groups is 1. The summed E-state index contributed by atoms with van der Waals surface area (Å²) in [4.78, 5) is 10.4. The van der Waals surface area contributed by atoms with Crippen molar-refractivity contribution in [2.24, 2.45) is 5.73 Å². The molecule has 16 heavy (non-hydrogen) atoms. The molecule has 0 bridgehead atoms. The van der Waals surface area contributed by atoms with E-state index in [9.17, 15) is 4.79 Å². The molecule has 0 saturated heterocycles. The molecular formula is C11H16BrN3O. The van der Waals surface area contributed by atoms with E-state index < -0.39 is 6.03 Å². The number of nitrogens with two attached hydrogens (primary N) is 1. The minimum atomic E-state index is -0.488. The van der Waals surface area contributed by atoms with Gasteiger partial charge in [0, 0.05) is 24.1 Å². The van der Waals surface area contributed by atoms with Gasteiger partial charge in [0.15, 0.2) is 0 Å². The summed E-state index contributed by atoms with van der Waals surface area (Å²) in [5.41, 5.74) is 7.37. The summed E-state index contributed by atoms with van der Waals surface area (Å²) in [5, 5.41) is 5.74. The van der Waals surface area contributed by atoms with E-state index in [0.717, 1.165) is 11.0 Å². The normalized spacial score (nSPS) is 10.1. The first-order chi connectivity index (χ1) is 7.59. The lowest BCUT2D eigenvalue weighted by molar-refractivity contribution is 0.249. The number of rotatable bonds is 5. The highest BCUT2D eigenvalue weighted by atomic mass is 79.9. The van der Waals surface area contributed by atoms with Crippen molar-refractivity contribution in [1.29, 1.82) is 0 Å². The number of benzene rings is 1. The molecule has 2 amide bonds. The molecule has 0 aliphatic carbocycles. The van der Waals surface area contributed by atoms with Crippen LogP contribution in [0.4, 0.5) is 4.79 Å². The predicted molar refractivity (Wildman–Crippen MR) is 68.2 cm³/mol. The standard InChI is InChI=1S/C11H16BrN3O/c1-8-2-3-9(10(12)6-8)7-14-4-5-15-11(13)16/h2-3,6,14H,4-5,7H2,1H3,(H3,13,15,16). The summed E-state index contributed by atoms with van der Waals surface area (Å²) in [5.74, 6) is 0. The van der Waals surface area contributed by atoms with Crippen molar-refractivity contribution in [3.8, 4) is 0 Å². The van der Waals surface area contributed by atoms with Gasteiger partial charge in [-0.15, -0.1) is 0 Å². The largest absolute Gasteiger partial charge is 0.352 e. The third kappa shape index (κ3) is 4.63. The van der Waals surface area contributed by atoms with Crippen molar-refractivity contribution in [3.05, 3.63) is 33.8 Å². The second-order valence-corrected chi connectivity index (χ2v) is 4.42.